The van der Waals surface area contributed by atoms with Gasteiger partial charge in [-0.15, -0.1) is 0 Å². The molecular weight excluding hydrogens is 238 g/mol. The van der Waals surface area contributed by atoms with Crippen molar-refractivity contribution in [3.8, 4) is 0 Å². The average molecular weight is 267 g/mol. The van der Waals surface area contributed by atoms with E-state index in [1.54, 1.807) is 0 Å². The molecule has 2 N–H and O–H groups in total. The number of nitrogens with one attached hydrogen (secondary N) is 1. The van der Waals surface area contributed by atoms with Gasteiger partial charge in [-0.25, -0.2) is 0 Å². The highest BCUT2D eigenvalue weighted by molar-refractivity contribution is 4.92. The maximum absolute atomic E-state index is 9.94. The minimum absolute atomic E-state index is 0.334. The second kappa shape index (κ2) is 6.55. The van der Waals surface area contributed by atoms with Gasteiger partial charge in [0.15, 0.2) is 0 Å². The van der Waals surface area contributed by atoms with Gasteiger partial charge in [-0.05, 0) is 62.8 Å². The zero-order valence-corrected chi connectivity index (χ0v) is 12.0. The minimum atomic E-state index is -0.334. The Hall–Kier alpha value is -0.120. The molecule has 3 aliphatic rings. The molecule has 0 aromatic heterocycles. The molecule has 0 saturated heterocycles. The predicted molar refractivity (Wildman–Crippen MR) is 76.0 cm³/mol. The third kappa shape index (κ3) is 4.44. The molecule has 0 radical (unpaired) electrons. The average Bonchev–Trinajstić information content (AvgIpc) is 3.33. The van der Waals surface area contributed by atoms with Crippen molar-refractivity contribution in [2.45, 2.75) is 63.6 Å². The fourth-order valence-electron chi connectivity index (χ4n) is 3.54. The lowest BCUT2D eigenvalue weighted by atomic mass is 9.98. The third-order valence-electron chi connectivity index (χ3n) is 5.04. The molecule has 3 fully saturated rings. The molecule has 3 saturated carbocycles. The Balaban J connectivity index is 1.26. The molecule has 1 unspecified atom stereocenters. The van der Waals surface area contributed by atoms with Crippen LogP contribution in [0.5, 0.6) is 0 Å². The van der Waals surface area contributed by atoms with Gasteiger partial charge in [0.25, 0.3) is 0 Å². The van der Waals surface area contributed by atoms with Crippen molar-refractivity contribution in [2.24, 2.45) is 17.8 Å². The van der Waals surface area contributed by atoms with Gasteiger partial charge < -0.3 is 15.2 Å². The molecule has 0 aromatic rings. The van der Waals surface area contributed by atoms with E-state index >= 15 is 0 Å². The molecule has 3 rings (SSSR count). The molecule has 0 bridgehead atoms. The Kier molecular flexibility index (Phi) is 4.78. The highest BCUT2D eigenvalue weighted by Gasteiger charge is 2.40. The highest BCUT2D eigenvalue weighted by Crippen LogP contribution is 2.48. The van der Waals surface area contributed by atoms with E-state index in [4.69, 9.17) is 4.74 Å². The molecular formula is C16H29NO2. The summed E-state index contributed by atoms with van der Waals surface area (Å²) in [5.74, 6) is 2.88. The van der Waals surface area contributed by atoms with E-state index in [1.807, 2.05) is 0 Å². The standard InChI is InChI=1S/C16H29NO2/c18-14(11-19-15-3-1-2-4-15)9-17-10-16(12-5-6-12)13-7-8-13/h12-18H,1-11H2. The number of aliphatic hydroxyl groups excluding tert-OH is 1. The van der Waals surface area contributed by atoms with Crippen molar-refractivity contribution < 1.29 is 9.84 Å². The first kappa shape index (κ1) is 13.8. The second-order valence-corrected chi connectivity index (χ2v) is 6.89. The van der Waals surface area contributed by atoms with E-state index in [0.29, 0.717) is 19.3 Å². The first-order valence-electron chi connectivity index (χ1n) is 8.33. The molecule has 19 heavy (non-hydrogen) atoms. The van der Waals surface area contributed by atoms with Gasteiger partial charge in [0, 0.05) is 6.54 Å². The molecule has 0 amide bonds. The molecule has 3 nitrogen and oxygen atoms in total. The molecule has 0 spiro atoms. The number of aliphatic hydroxyl groups is 1. The predicted octanol–water partition coefficient (Wildman–Crippen LogP) is 2.33. The number of rotatable bonds is 9. The van der Waals surface area contributed by atoms with Crippen LogP contribution >= 0.6 is 0 Å². The topological polar surface area (TPSA) is 41.5 Å². The Bertz CT molecular complexity index is 258. The van der Waals surface area contributed by atoms with Crippen LogP contribution in [-0.4, -0.2) is 37.0 Å². The Morgan fingerprint density at radius 3 is 2.16 bits per heavy atom. The van der Waals surface area contributed by atoms with Crippen LogP contribution in [0.15, 0.2) is 0 Å². The van der Waals surface area contributed by atoms with Crippen LogP contribution < -0.4 is 5.32 Å². The van der Waals surface area contributed by atoms with Crippen molar-refractivity contribution in [1.29, 1.82) is 0 Å². The van der Waals surface area contributed by atoms with Crippen LogP contribution in [0.4, 0.5) is 0 Å². The molecule has 1 atom stereocenters. The lowest BCUT2D eigenvalue weighted by molar-refractivity contribution is -0.00574. The third-order valence-corrected chi connectivity index (χ3v) is 5.04. The van der Waals surface area contributed by atoms with Crippen LogP contribution in [0.1, 0.15) is 51.4 Å². The van der Waals surface area contributed by atoms with E-state index in [9.17, 15) is 5.11 Å². The lowest BCUT2D eigenvalue weighted by Crippen LogP contribution is -2.35. The molecule has 0 aromatic carbocycles. The Morgan fingerprint density at radius 2 is 1.58 bits per heavy atom. The van der Waals surface area contributed by atoms with Gasteiger partial charge in [0.2, 0.25) is 0 Å². The van der Waals surface area contributed by atoms with Gasteiger partial charge in [-0.2, -0.15) is 0 Å². The zero-order valence-electron chi connectivity index (χ0n) is 12.0. The van der Waals surface area contributed by atoms with Crippen molar-refractivity contribution >= 4 is 0 Å². The first-order valence-corrected chi connectivity index (χ1v) is 8.33. The minimum Gasteiger partial charge on any atom is -0.389 e. The van der Waals surface area contributed by atoms with Gasteiger partial charge >= 0.3 is 0 Å². The molecule has 110 valence electrons. The van der Waals surface area contributed by atoms with Crippen LogP contribution in [0, 0.1) is 17.8 Å². The SMILES string of the molecule is OC(CNCC(C1CC1)C1CC1)COC1CCCC1. The molecule has 3 heteroatoms. The maximum Gasteiger partial charge on any atom is 0.0897 e. The number of hydrogen-bond donors (Lipinski definition) is 2. The van der Waals surface area contributed by atoms with Crippen molar-refractivity contribution in [3.63, 3.8) is 0 Å². The van der Waals surface area contributed by atoms with Crippen LogP contribution in [0.2, 0.25) is 0 Å². The van der Waals surface area contributed by atoms with E-state index < -0.39 is 0 Å². The second-order valence-electron chi connectivity index (χ2n) is 6.89. The fourth-order valence-corrected chi connectivity index (χ4v) is 3.54. The van der Waals surface area contributed by atoms with Gasteiger partial charge in [-0.3, -0.25) is 0 Å². The zero-order chi connectivity index (χ0) is 13.1. The van der Waals surface area contributed by atoms with Crippen LogP contribution in [0.25, 0.3) is 0 Å². The first-order chi connectivity index (χ1) is 9.33. The fraction of sp³-hybridized carbons (Fsp3) is 1.00. The van der Waals surface area contributed by atoms with E-state index in [2.05, 4.69) is 5.32 Å². The summed E-state index contributed by atoms with van der Waals surface area (Å²) in [5, 5.41) is 13.4. The Morgan fingerprint density at radius 1 is 0.947 bits per heavy atom. The summed E-state index contributed by atoms with van der Waals surface area (Å²) in [7, 11) is 0. The quantitative estimate of drug-likeness (QED) is 0.674. The number of hydrogen-bond acceptors (Lipinski definition) is 3. The van der Waals surface area contributed by atoms with Crippen LogP contribution in [-0.2, 0) is 4.74 Å². The van der Waals surface area contributed by atoms with E-state index in [1.165, 1.54) is 51.4 Å². The smallest absolute Gasteiger partial charge is 0.0897 e. The highest BCUT2D eigenvalue weighted by atomic mass is 16.5. The van der Waals surface area contributed by atoms with Crippen molar-refractivity contribution in [3.05, 3.63) is 0 Å². The number of ether oxygens (including phenoxy) is 1. The van der Waals surface area contributed by atoms with Gasteiger partial charge in [0.1, 0.15) is 0 Å². The lowest BCUT2D eigenvalue weighted by Gasteiger charge is -2.19. The van der Waals surface area contributed by atoms with Gasteiger partial charge in [0.05, 0.1) is 18.8 Å². The summed E-state index contributed by atoms with van der Waals surface area (Å²) in [6.07, 6.45) is 10.8. The summed E-state index contributed by atoms with van der Waals surface area (Å²) in [5.41, 5.74) is 0. The molecule has 3 aliphatic carbocycles. The Labute approximate surface area is 117 Å². The molecule has 0 aliphatic heterocycles. The maximum atomic E-state index is 9.94. The summed E-state index contributed by atoms with van der Waals surface area (Å²) in [6.45, 7) is 2.31. The van der Waals surface area contributed by atoms with Gasteiger partial charge in [-0.1, -0.05) is 12.8 Å². The normalized spacial score (nSPS) is 26.2. The van der Waals surface area contributed by atoms with Crippen molar-refractivity contribution in [2.75, 3.05) is 19.7 Å². The van der Waals surface area contributed by atoms with E-state index in [0.717, 1.165) is 24.3 Å². The summed E-state index contributed by atoms with van der Waals surface area (Å²) < 4.78 is 5.75. The van der Waals surface area contributed by atoms with Crippen molar-refractivity contribution in [1.82, 2.24) is 5.32 Å². The van der Waals surface area contributed by atoms with E-state index in [-0.39, 0.29) is 6.10 Å². The largest absolute Gasteiger partial charge is 0.389 e. The van der Waals surface area contributed by atoms with Crippen LogP contribution in [0.3, 0.4) is 0 Å². The monoisotopic (exact) mass is 267 g/mol. The summed E-state index contributed by atoms with van der Waals surface area (Å²) >= 11 is 0. The summed E-state index contributed by atoms with van der Waals surface area (Å²) in [6, 6.07) is 0. The molecule has 0 heterocycles. The summed E-state index contributed by atoms with van der Waals surface area (Å²) in [4.78, 5) is 0.